The van der Waals surface area contributed by atoms with E-state index in [-0.39, 0.29) is 5.91 Å². The Bertz CT molecular complexity index is 367. The van der Waals surface area contributed by atoms with Gasteiger partial charge in [0.25, 0.3) is 0 Å². The third kappa shape index (κ3) is 4.82. The number of nitrogens with zero attached hydrogens (tertiary/aromatic N) is 2. The molecule has 0 radical (unpaired) electrons. The Balaban J connectivity index is 2.62. The standard InChI is InChI=1S/C12H20N4O/c1-3-6-16(9-12(17)14-2)8-10-4-5-15-11(13)7-10/h4-5,7H,3,6,8-9H2,1-2H3,(H2,13,15)(H,14,17). The number of likely N-dealkylation sites (N-methyl/N-ethyl adjacent to an activating group) is 1. The van der Waals surface area contributed by atoms with Gasteiger partial charge in [-0.2, -0.15) is 0 Å². The van der Waals surface area contributed by atoms with E-state index in [0.717, 1.165) is 18.5 Å². The molecule has 0 aliphatic carbocycles. The van der Waals surface area contributed by atoms with E-state index >= 15 is 0 Å². The van der Waals surface area contributed by atoms with Crippen LogP contribution >= 0.6 is 0 Å². The zero-order valence-electron chi connectivity index (χ0n) is 10.4. The SMILES string of the molecule is CCCN(CC(=O)NC)Cc1ccnc(N)c1. The molecule has 1 amide bonds. The van der Waals surface area contributed by atoms with E-state index in [1.807, 2.05) is 12.1 Å². The normalized spacial score (nSPS) is 10.5. The van der Waals surface area contributed by atoms with Gasteiger partial charge in [-0.15, -0.1) is 0 Å². The second kappa shape index (κ2) is 6.85. The number of nitrogens with one attached hydrogen (secondary N) is 1. The fourth-order valence-corrected chi connectivity index (χ4v) is 1.66. The maximum Gasteiger partial charge on any atom is 0.233 e. The molecule has 0 saturated carbocycles. The van der Waals surface area contributed by atoms with E-state index in [0.29, 0.717) is 18.9 Å². The Kier molecular flexibility index (Phi) is 5.42. The van der Waals surface area contributed by atoms with E-state index in [4.69, 9.17) is 5.73 Å². The Hall–Kier alpha value is -1.62. The van der Waals surface area contributed by atoms with Crippen molar-refractivity contribution >= 4 is 11.7 Å². The number of pyridine rings is 1. The minimum absolute atomic E-state index is 0.0282. The topological polar surface area (TPSA) is 71.2 Å². The van der Waals surface area contributed by atoms with Crippen molar-refractivity contribution in [2.75, 3.05) is 25.9 Å². The van der Waals surface area contributed by atoms with Crippen LogP contribution in [0.3, 0.4) is 0 Å². The van der Waals surface area contributed by atoms with Gasteiger partial charge in [-0.1, -0.05) is 6.92 Å². The maximum absolute atomic E-state index is 11.4. The summed E-state index contributed by atoms with van der Waals surface area (Å²) in [6.45, 7) is 4.11. The molecule has 1 rings (SSSR count). The number of hydrogen-bond acceptors (Lipinski definition) is 4. The predicted molar refractivity (Wildman–Crippen MR) is 68.3 cm³/mol. The number of rotatable bonds is 6. The third-order valence-corrected chi connectivity index (χ3v) is 2.44. The molecular weight excluding hydrogens is 216 g/mol. The molecule has 17 heavy (non-hydrogen) atoms. The van der Waals surface area contributed by atoms with Gasteiger partial charge in [0.05, 0.1) is 6.54 Å². The molecule has 5 nitrogen and oxygen atoms in total. The summed E-state index contributed by atoms with van der Waals surface area (Å²) in [6.07, 6.45) is 2.70. The molecule has 0 aliphatic heterocycles. The fourth-order valence-electron chi connectivity index (χ4n) is 1.66. The lowest BCUT2D eigenvalue weighted by Gasteiger charge is -2.20. The molecule has 1 aromatic heterocycles. The molecule has 0 unspecified atom stereocenters. The summed E-state index contributed by atoms with van der Waals surface area (Å²) in [5.74, 6) is 0.541. The van der Waals surface area contributed by atoms with Crippen LogP contribution in [0.2, 0.25) is 0 Å². The van der Waals surface area contributed by atoms with Crippen molar-refractivity contribution in [3.63, 3.8) is 0 Å². The first-order valence-corrected chi connectivity index (χ1v) is 5.79. The van der Waals surface area contributed by atoms with Crippen LogP contribution < -0.4 is 11.1 Å². The van der Waals surface area contributed by atoms with Crippen LogP contribution in [0.1, 0.15) is 18.9 Å². The molecule has 3 N–H and O–H groups in total. The largest absolute Gasteiger partial charge is 0.384 e. The van der Waals surface area contributed by atoms with Crippen molar-refractivity contribution in [2.24, 2.45) is 0 Å². The minimum Gasteiger partial charge on any atom is -0.384 e. The van der Waals surface area contributed by atoms with E-state index in [9.17, 15) is 4.79 Å². The van der Waals surface area contributed by atoms with Gasteiger partial charge in [-0.25, -0.2) is 4.98 Å². The van der Waals surface area contributed by atoms with Gasteiger partial charge < -0.3 is 11.1 Å². The average molecular weight is 236 g/mol. The molecule has 0 aromatic carbocycles. The lowest BCUT2D eigenvalue weighted by atomic mass is 10.2. The number of nitrogen functional groups attached to an aromatic ring is 1. The smallest absolute Gasteiger partial charge is 0.233 e. The molecule has 0 fully saturated rings. The Morgan fingerprint density at radius 1 is 1.59 bits per heavy atom. The Labute approximate surface area is 102 Å². The van der Waals surface area contributed by atoms with Crippen molar-refractivity contribution in [3.8, 4) is 0 Å². The Morgan fingerprint density at radius 2 is 2.35 bits per heavy atom. The summed E-state index contributed by atoms with van der Waals surface area (Å²) in [6, 6.07) is 3.76. The highest BCUT2D eigenvalue weighted by molar-refractivity contribution is 5.77. The second-order valence-corrected chi connectivity index (χ2v) is 3.97. The van der Waals surface area contributed by atoms with Gasteiger partial charge in [0, 0.05) is 19.8 Å². The summed E-state index contributed by atoms with van der Waals surface area (Å²) >= 11 is 0. The highest BCUT2D eigenvalue weighted by atomic mass is 16.1. The number of hydrogen-bond donors (Lipinski definition) is 2. The molecule has 5 heteroatoms. The first-order chi connectivity index (χ1) is 8.15. The zero-order valence-corrected chi connectivity index (χ0v) is 10.4. The van der Waals surface area contributed by atoms with E-state index in [1.54, 1.807) is 13.2 Å². The van der Waals surface area contributed by atoms with Gasteiger partial charge in [0.15, 0.2) is 0 Å². The predicted octanol–water partition coefficient (Wildman–Crippen LogP) is 0.622. The van der Waals surface area contributed by atoms with Gasteiger partial charge in [0.2, 0.25) is 5.91 Å². The second-order valence-electron chi connectivity index (χ2n) is 3.97. The van der Waals surface area contributed by atoms with Crippen LogP contribution in [0, 0.1) is 0 Å². The van der Waals surface area contributed by atoms with Crippen LogP contribution in [-0.2, 0) is 11.3 Å². The van der Waals surface area contributed by atoms with E-state index in [1.165, 1.54) is 0 Å². The molecule has 1 heterocycles. The molecule has 0 atom stereocenters. The average Bonchev–Trinajstić information content (AvgIpc) is 2.29. The number of carbonyl (C=O) groups excluding carboxylic acids is 1. The van der Waals surface area contributed by atoms with E-state index < -0.39 is 0 Å². The van der Waals surface area contributed by atoms with Crippen molar-refractivity contribution in [1.82, 2.24) is 15.2 Å². The number of aromatic nitrogens is 1. The van der Waals surface area contributed by atoms with Gasteiger partial charge in [-0.05, 0) is 30.7 Å². The number of anilines is 1. The number of amides is 1. The zero-order chi connectivity index (χ0) is 12.7. The Morgan fingerprint density at radius 3 is 2.94 bits per heavy atom. The minimum atomic E-state index is 0.0282. The van der Waals surface area contributed by atoms with Crippen LogP contribution in [-0.4, -0.2) is 35.9 Å². The molecule has 0 spiro atoms. The summed E-state index contributed by atoms with van der Waals surface area (Å²) in [5.41, 5.74) is 6.71. The fraction of sp³-hybridized carbons (Fsp3) is 0.500. The van der Waals surface area contributed by atoms with Crippen molar-refractivity contribution in [1.29, 1.82) is 0 Å². The first-order valence-electron chi connectivity index (χ1n) is 5.79. The van der Waals surface area contributed by atoms with Crippen LogP contribution in [0.15, 0.2) is 18.3 Å². The van der Waals surface area contributed by atoms with Crippen LogP contribution in [0.5, 0.6) is 0 Å². The molecule has 0 bridgehead atoms. The van der Waals surface area contributed by atoms with Crippen molar-refractivity contribution in [2.45, 2.75) is 19.9 Å². The number of nitrogens with two attached hydrogens (primary N) is 1. The summed E-state index contributed by atoms with van der Waals surface area (Å²) in [4.78, 5) is 17.4. The summed E-state index contributed by atoms with van der Waals surface area (Å²) in [5, 5.41) is 2.63. The lowest BCUT2D eigenvalue weighted by Crippen LogP contribution is -2.35. The summed E-state index contributed by atoms with van der Waals surface area (Å²) in [7, 11) is 1.65. The number of carbonyl (C=O) groups is 1. The summed E-state index contributed by atoms with van der Waals surface area (Å²) < 4.78 is 0. The highest BCUT2D eigenvalue weighted by Crippen LogP contribution is 2.07. The molecule has 94 valence electrons. The first kappa shape index (κ1) is 13.4. The van der Waals surface area contributed by atoms with Crippen LogP contribution in [0.25, 0.3) is 0 Å². The third-order valence-electron chi connectivity index (χ3n) is 2.44. The van der Waals surface area contributed by atoms with Crippen molar-refractivity contribution in [3.05, 3.63) is 23.9 Å². The molecular formula is C12H20N4O. The maximum atomic E-state index is 11.4. The monoisotopic (exact) mass is 236 g/mol. The van der Waals surface area contributed by atoms with Gasteiger partial charge >= 0.3 is 0 Å². The van der Waals surface area contributed by atoms with Gasteiger partial charge in [0.1, 0.15) is 5.82 Å². The quantitative estimate of drug-likeness (QED) is 0.759. The van der Waals surface area contributed by atoms with Gasteiger partial charge in [-0.3, -0.25) is 9.69 Å². The molecule has 0 saturated heterocycles. The molecule has 1 aromatic rings. The van der Waals surface area contributed by atoms with E-state index in [2.05, 4.69) is 22.1 Å². The van der Waals surface area contributed by atoms with Crippen LogP contribution in [0.4, 0.5) is 5.82 Å². The lowest BCUT2D eigenvalue weighted by molar-refractivity contribution is -0.121. The molecule has 0 aliphatic rings. The van der Waals surface area contributed by atoms with Crippen molar-refractivity contribution < 1.29 is 4.79 Å². The highest BCUT2D eigenvalue weighted by Gasteiger charge is 2.09.